The maximum Gasteiger partial charge on any atom is 0.0802 e. The fourth-order valence-corrected chi connectivity index (χ4v) is 1.63. The summed E-state index contributed by atoms with van der Waals surface area (Å²) in [5.41, 5.74) is -1.48. The number of hydrogen-bond acceptors (Lipinski definition) is 2. The smallest absolute Gasteiger partial charge is 0.0802 e. The van der Waals surface area contributed by atoms with Crippen LogP contribution in [0.5, 0.6) is 0 Å². The Labute approximate surface area is 80.6 Å². The van der Waals surface area contributed by atoms with E-state index in [0.29, 0.717) is 5.92 Å². The molecule has 1 fully saturated rings. The zero-order chi connectivity index (χ0) is 10.1. The van der Waals surface area contributed by atoms with Crippen LogP contribution in [0.4, 0.5) is 0 Å². The highest BCUT2D eigenvalue weighted by atomic mass is 16.3. The van der Waals surface area contributed by atoms with E-state index in [-0.39, 0.29) is 0 Å². The molecule has 0 aliphatic heterocycles. The first-order chi connectivity index (χ1) is 5.89. The summed E-state index contributed by atoms with van der Waals surface area (Å²) in [6, 6.07) is 2.19. The van der Waals surface area contributed by atoms with Crippen molar-refractivity contribution in [1.82, 2.24) is 0 Å². The minimum Gasteiger partial charge on any atom is -0.389 e. The maximum atomic E-state index is 10.2. The molecule has 0 aromatic rings. The van der Waals surface area contributed by atoms with Crippen molar-refractivity contribution in [2.24, 2.45) is 11.3 Å². The lowest BCUT2D eigenvalue weighted by Crippen LogP contribution is -2.43. The summed E-state index contributed by atoms with van der Waals surface area (Å²) in [5, 5.41) is 19.1. The number of nitriles is 1. The van der Waals surface area contributed by atoms with Crippen LogP contribution in [-0.2, 0) is 0 Å². The Bertz CT molecular complexity index is 221. The van der Waals surface area contributed by atoms with Gasteiger partial charge in [-0.25, -0.2) is 0 Å². The van der Waals surface area contributed by atoms with Gasteiger partial charge in [-0.15, -0.1) is 0 Å². The molecular weight excluding hydrogens is 162 g/mol. The molecule has 0 saturated heterocycles. The summed E-state index contributed by atoms with van der Waals surface area (Å²) in [4.78, 5) is 0. The lowest BCUT2D eigenvalue weighted by Gasteiger charge is -2.39. The zero-order valence-corrected chi connectivity index (χ0v) is 8.80. The molecule has 1 rings (SSSR count). The van der Waals surface area contributed by atoms with Crippen molar-refractivity contribution in [3.63, 3.8) is 0 Å². The fourth-order valence-electron chi connectivity index (χ4n) is 1.63. The summed E-state index contributed by atoms with van der Waals surface area (Å²) in [7, 11) is 0. The Morgan fingerprint density at radius 3 is 2.23 bits per heavy atom. The highest BCUT2D eigenvalue weighted by molar-refractivity contribution is 5.05. The third-order valence-electron chi connectivity index (χ3n) is 3.54. The van der Waals surface area contributed by atoms with Gasteiger partial charge in [-0.3, -0.25) is 0 Å². The van der Waals surface area contributed by atoms with Crippen molar-refractivity contribution < 1.29 is 5.11 Å². The molecule has 1 N–H and O–H groups in total. The lowest BCUT2D eigenvalue weighted by atomic mass is 9.68. The summed E-state index contributed by atoms with van der Waals surface area (Å²) in [5.74, 6) is 0.641. The molecule has 0 spiro atoms. The van der Waals surface area contributed by atoms with E-state index in [9.17, 15) is 5.11 Å². The second-order valence-electron chi connectivity index (χ2n) is 5.01. The van der Waals surface area contributed by atoms with Crippen LogP contribution < -0.4 is 0 Å². The monoisotopic (exact) mass is 181 g/mol. The number of aliphatic hydroxyl groups is 1. The van der Waals surface area contributed by atoms with E-state index in [2.05, 4.69) is 6.07 Å². The first kappa shape index (κ1) is 10.5. The molecule has 74 valence electrons. The molecule has 0 aromatic heterocycles. The Balaban J connectivity index is 2.59. The molecule has 13 heavy (non-hydrogen) atoms. The van der Waals surface area contributed by atoms with Gasteiger partial charge in [0.2, 0.25) is 0 Å². The van der Waals surface area contributed by atoms with Crippen molar-refractivity contribution in [1.29, 1.82) is 5.26 Å². The van der Waals surface area contributed by atoms with Gasteiger partial charge in [0.15, 0.2) is 0 Å². The van der Waals surface area contributed by atoms with Gasteiger partial charge in [0.25, 0.3) is 0 Å². The maximum absolute atomic E-state index is 10.2. The normalized spacial score (nSPS) is 23.0. The lowest BCUT2D eigenvalue weighted by molar-refractivity contribution is -0.0499. The molecule has 0 radical (unpaired) electrons. The average molecular weight is 181 g/mol. The molecule has 0 amide bonds. The van der Waals surface area contributed by atoms with Crippen LogP contribution in [0.1, 0.15) is 46.5 Å². The van der Waals surface area contributed by atoms with Gasteiger partial charge in [0.05, 0.1) is 17.1 Å². The first-order valence-corrected chi connectivity index (χ1v) is 5.03. The van der Waals surface area contributed by atoms with Gasteiger partial charge in [0.1, 0.15) is 0 Å². The van der Waals surface area contributed by atoms with E-state index < -0.39 is 11.0 Å². The standard InChI is InChI=1S/C11H19NO/c1-10(2,8-12)11(3,13)7-9-5-4-6-9/h9,13H,4-7H2,1-3H3. The van der Waals surface area contributed by atoms with Gasteiger partial charge in [-0.1, -0.05) is 19.3 Å². The Kier molecular flexibility index (Phi) is 2.68. The van der Waals surface area contributed by atoms with Gasteiger partial charge in [-0.2, -0.15) is 5.26 Å². The van der Waals surface area contributed by atoms with Crippen molar-refractivity contribution >= 4 is 0 Å². The van der Waals surface area contributed by atoms with E-state index in [1.165, 1.54) is 19.3 Å². The van der Waals surface area contributed by atoms with E-state index in [4.69, 9.17) is 5.26 Å². The van der Waals surface area contributed by atoms with Gasteiger partial charge >= 0.3 is 0 Å². The quantitative estimate of drug-likeness (QED) is 0.727. The van der Waals surface area contributed by atoms with Crippen molar-refractivity contribution in [2.75, 3.05) is 0 Å². The van der Waals surface area contributed by atoms with E-state index in [0.717, 1.165) is 6.42 Å². The molecule has 0 aromatic carbocycles. The highest BCUT2D eigenvalue weighted by Gasteiger charge is 2.42. The molecule has 0 heterocycles. The zero-order valence-electron chi connectivity index (χ0n) is 8.80. The van der Waals surface area contributed by atoms with Crippen LogP contribution in [0.15, 0.2) is 0 Å². The fraction of sp³-hybridized carbons (Fsp3) is 0.909. The predicted molar refractivity (Wildman–Crippen MR) is 52.0 cm³/mol. The number of hydrogen-bond donors (Lipinski definition) is 1. The summed E-state index contributed by atoms with van der Waals surface area (Å²) in [6.07, 6.45) is 4.50. The minimum absolute atomic E-state index is 0.636. The topological polar surface area (TPSA) is 44.0 Å². The highest BCUT2D eigenvalue weighted by Crippen LogP contribution is 2.40. The molecule has 2 nitrogen and oxygen atoms in total. The van der Waals surface area contributed by atoms with E-state index in [1.54, 1.807) is 6.92 Å². The second kappa shape index (κ2) is 3.31. The molecule has 1 unspecified atom stereocenters. The summed E-state index contributed by atoms with van der Waals surface area (Å²) < 4.78 is 0. The van der Waals surface area contributed by atoms with Crippen molar-refractivity contribution in [3.8, 4) is 6.07 Å². The van der Waals surface area contributed by atoms with Crippen molar-refractivity contribution in [2.45, 2.75) is 52.1 Å². The van der Waals surface area contributed by atoms with E-state index >= 15 is 0 Å². The summed E-state index contributed by atoms with van der Waals surface area (Å²) >= 11 is 0. The van der Waals surface area contributed by atoms with Crippen LogP contribution in [0.3, 0.4) is 0 Å². The van der Waals surface area contributed by atoms with Crippen LogP contribution >= 0.6 is 0 Å². The molecule has 1 aliphatic rings. The average Bonchev–Trinajstić information content (AvgIpc) is 1.97. The largest absolute Gasteiger partial charge is 0.389 e. The summed E-state index contributed by atoms with van der Waals surface area (Å²) in [6.45, 7) is 5.41. The second-order valence-corrected chi connectivity index (χ2v) is 5.01. The molecule has 2 heteroatoms. The molecule has 1 aliphatic carbocycles. The SMILES string of the molecule is CC(C)(C#N)C(C)(O)CC1CCC1. The molecule has 0 bridgehead atoms. The Morgan fingerprint density at radius 2 is 1.92 bits per heavy atom. The Morgan fingerprint density at radius 1 is 1.38 bits per heavy atom. The van der Waals surface area contributed by atoms with Gasteiger partial charge in [0, 0.05) is 0 Å². The van der Waals surface area contributed by atoms with Gasteiger partial charge in [-0.05, 0) is 33.1 Å². The molecule has 1 atom stereocenters. The van der Waals surface area contributed by atoms with E-state index in [1.807, 2.05) is 13.8 Å². The Hall–Kier alpha value is -0.550. The number of rotatable bonds is 3. The third-order valence-corrected chi connectivity index (χ3v) is 3.54. The van der Waals surface area contributed by atoms with Crippen LogP contribution in [-0.4, -0.2) is 10.7 Å². The first-order valence-electron chi connectivity index (χ1n) is 5.03. The number of nitrogens with zero attached hydrogens (tertiary/aromatic N) is 1. The van der Waals surface area contributed by atoms with Crippen LogP contribution in [0.25, 0.3) is 0 Å². The third kappa shape index (κ3) is 2.03. The predicted octanol–water partition coefficient (Wildman–Crippen LogP) is 2.48. The van der Waals surface area contributed by atoms with Crippen molar-refractivity contribution in [3.05, 3.63) is 0 Å². The molecule has 1 saturated carbocycles. The van der Waals surface area contributed by atoms with Crippen LogP contribution in [0, 0.1) is 22.7 Å². The van der Waals surface area contributed by atoms with Crippen LogP contribution in [0.2, 0.25) is 0 Å². The van der Waals surface area contributed by atoms with Gasteiger partial charge < -0.3 is 5.11 Å². The molecular formula is C11H19NO. The minimum atomic E-state index is -0.840.